The number of halogens is 1. The number of nitrogens with zero attached hydrogens (tertiary/aromatic N) is 1. The molecule has 0 unspecified atom stereocenters. The molecule has 0 saturated heterocycles. The molecule has 0 aliphatic heterocycles. The Bertz CT molecular complexity index is 1010. The zero-order valence-electron chi connectivity index (χ0n) is 15.8. The fourth-order valence-electron chi connectivity index (χ4n) is 2.57. The van der Waals surface area contributed by atoms with Crippen LogP contribution in [0.25, 0.3) is 0 Å². The van der Waals surface area contributed by atoms with Gasteiger partial charge in [-0.3, -0.25) is 14.6 Å². The van der Waals surface area contributed by atoms with Gasteiger partial charge < -0.3 is 15.4 Å². The number of amides is 2. The minimum Gasteiger partial charge on any atom is -0.489 e. The van der Waals surface area contributed by atoms with Crippen molar-refractivity contribution in [2.45, 2.75) is 13.5 Å². The maximum absolute atomic E-state index is 12.4. The molecule has 0 fully saturated rings. The summed E-state index contributed by atoms with van der Waals surface area (Å²) in [5.41, 5.74) is 3.04. The van der Waals surface area contributed by atoms with Gasteiger partial charge in [-0.15, -0.1) is 0 Å². The second-order valence-electron chi connectivity index (χ2n) is 6.37. The monoisotopic (exact) mass is 453 g/mol. The molecule has 2 amide bonds. The first-order valence-corrected chi connectivity index (χ1v) is 9.76. The molecule has 29 heavy (non-hydrogen) atoms. The first kappa shape index (κ1) is 20.5. The van der Waals surface area contributed by atoms with Crippen LogP contribution in [0, 0.1) is 6.92 Å². The molecule has 0 saturated carbocycles. The van der Waals surface area contributed by atoms with E-state index in [-0.39, 0.29) is 18.4 Å². The van der Waals surface area contributed by atoms with Crippen LogP contribution in [-0.4, -0.2) is 23.3 Å². The summed E-state index contributed by atoms with van der Waals surface area (Å²) in [4.78, 5) is 28.5. The van der Waals surface area contributed by atoms with Crippen molar-refractivity contribution in [3.63, 3.8) is 0 Å². The summed E-state index contributed by atoms with van der Waals surface area (Å²) >= 11 is 3.42. The highest BCUT2D eigenvalue weighted by molar-refractivity contribution is 9.10. The van der Waals surface area contributed by atoms with E-state index in [1.54, 1.807) is 42.7 Å². The Morgan fingerprint density at radius 1 is 1.10 bits per heavy atom. The fourth-order valence-corrected chi connectivity index (χ4v) is 2.81. The normalized spacial score (nSPS) is 10.3. The number of pyridine rings is 1. The quantitative estimate of drug-likeness (QED) is 0.564. The van der Waals surface area contributed by atoms with Crippen LogP contribution in [0.2, 0.25) is 0 Å². The van der Waals surface area contributed by atoms with E-state index in [0.29, 0.717) is 23.6 Å². The third-order valence-electron chi connectivity index (χ3n) is 4.08. The number of carbonyl (C=O) groups is 2. The zero-order valence-corrected chi connectivity index (χ0v) is 17.4. The molecule has 148 valence electrons. The lowest BCUT2D eigenvalue weighted by atomic mass is 10.2. The summed E-state index contributed by atoms with van der Waals surface area (Å²) in [5, 5.41) is 5.38. The Labute approximate surface area is 177 Å². The average Bonchev–Trinajstić information content (AvgIpc) is 2.74. The summed E-state index contributed by atoms with van der Waals surface area (Å²) < 4.78 is 6.67. The van der Waals surface area contributed by atoms with Crippen LogP contribution in [-0.2, 0) is 11.4 Å². The Hall–Kier alpha value is -3.19. The Balaban J connectivity index is 1.52. The van der Waals surface area contributed by atoms with Crippen molar-refractivity contribution in [3.05, 3.63) is 88.2 Å². The number of carbonyl (C=O) groups excluding carboxylic acids is 2. The molecule has 0 bridgehead atoms. The molecule has 0 aliphatic rings. The standard InChI is InChI=1S/C22H20BrN3O3/c1-15-10-18(7-8-20(15)23)26-21(27)13-25-22(28)17-5-2-6-19(11-17)29-14-16-4-3-9-24-12-16/h2-12H,13-14H2,1H3,(H,25,28)(H,26,27). The van der Waals surface area contributed by atoms with E-state index in [9.17, 15) is 9.59 Å². The lowest BCUT2D eigenvalue weighted by Crippen LogP contribution is -2.32. The van der Waals surface area contributed by atoms with Crippen molar-refractivity contribution in [2.24, 2.45) is 0 Å². The summed E-state index contributed by atoms with van der Waals surface area (Å²) in [5.74, 6) is -0.0840. The van der Waals surface area contributed by atoms with Gasteiger partial charge in [0.25, 0.3) is 5.91 Å². The van der Waals surface area contributed by atoms with Gasteiger partial charge in [0.15, 0.2) is 0 Å². The number of hydrogen-bond donors (Lipinski definition) is 2. The summed E-state index contributed by atoms with van der Waals surface area (Å²) in [7, 11) is 0. The second-order valence-corrected chi connectivity index (χ2v) is 7.23. The molecule has 0 atom stereocenters. The molecule has 0 spiro atoms. The smallest absolute Gasteiger partial charge is 0.251 e. The van der Waals surface area contributed by atoms with Gasteiger partial charge in [0.2, 0.25) is 5.91 Å². The molecule has 1 heterocycles. The Morgan fingerprint density at radius 2 is 1.97 bits per heavy atom. The van der Waals surface area contributed by atoms with E-state index in [0.717, 1.165) is 15.6 Å². The Morgan fingerprint density at radius 3 is 2.72 bits per heavy atom. The first-order valence-electron chi connectivity index (χ1n) is 8.97. The highest BCUT2D eigenvalue weighted by Crippen LogP contribution is 2.20. The van der Waals surface area contributed by atoms with Crippen molar-refractivity contribution in [1.29, 1.82) is 0 Å². The number of aryl methyl sites for hydroxylation is 1. The Kier molecular flexibility index (Phi) is 6.97. The number of ether oxygens (including phenoxy) is 1. The number of anilines is 1. The van der Waals surface area contributed by atoms with Crippen LogP contribution in [0.3, 0.4) is 0 Å². The lowest BCUT2D eigenvalue weighted by Gasteiger charge is -2.10. The van der Waals surface area contributed by atoms with E-state index in [1.807, 2.05) is 31.2 Å². The summed E-state index contributed by atoms with van der Waals surface area (Å²) in [6.07, 6.45) is 3.42. The third kappa shape index (κ3) is 6.15. The molecule has 6 nitrogen and oxygen atoms in total. The van der Waals surface area contributed by atoms with Gasteiger partial charge in [-0.1, -0.05) is 28.1 Å². The molecular weight excluding hydrogens is 434 g/mol. The maximum atomic E-state index is 12.4. The zero-order chi connectivity index (χ0) is 20.6. The minimum absolute atomic E-state index is 0.130. The van der Waals surface area contributed by atoms with Crippen LogP contribution in [0.1, 0.15) is 21.5 Å². The largest absolute Gasteiger partial charge is 0.489 e. The highest BCUT2D eigenvalue weighted by atomic mass is 79.9. The van der Waals surface area contributed by atoms with Crippen LogP contribution in [0.5, 0.6) is 5.75 Å². The predicted octanol–water partition coefficient (Wildman–Crippen LogP) is 4.10. The van der Waals surface area contributed by atoms with Gasteiger partial charge in [0.05, 0.1) is 6.54 Å². The van der Waals surface area contributed by atoms with Gasteiger partial charge in [0, 0.05) is 33.7 Å². The van der Waals surface area contributed by atoms with Crippen LogP contribution < -0.4 is 15.4 Å². The van der Waals surface area contributed by atoms with Crippen molar-refractivity contribution < 1.29 is 14.3 Å². The van der Waals surface area contributed by atoms with E-state index >= 15 is 0 Å². The van der Waals surface area contributed by atoms with Crippen LogP contribution >= 0.6 is 15.9 Å². The van der Waals surface area contributed by atoms with Crippen molar-refractivity contribution in [3.8, 4) is 5.75 Å². The van der Waals surface area contributed by atoms with E-state index in [4.69, 9.17) is 4.74 Å². The maximum Gasteiger partial charge on any atom is 0.251 e. The van der Waals surface area contributed by atoms with Gasteiger partial charge >= 0.3 is 0 Å². The first-order chi connectivity index (χ1) is 14.0. The average molecular weight is 454 g/mol. The fraction of sp³-hybridized carbons (Fsp3) is 0.136. The topological polar surface area (TPSA) is 80.3 Å². The van der Waals surface area contributed by atoms with E-state index in [2.05, 4.69) is 31.5 Å². The summed E-state index contributed by atoms with van der Waals surface area (Å²) in [6.45, 7) is 2.16. The second kappa shape index (κ2) is 9.84. The van der Waals surface area contributed by atoms with Gasteiger partial charge in [0.1, 0.15) is 12.4 Å². The lowest BCUT2D eigenvalue weighted by molar-refractivity contribution is -0.115. The molecule has 2 N–H and O–H groups in total. The summed E-state index contributed by atoms with van der Waals surface area (Å²) in [6, 6.07) is 16.1. The molecule has 3 aromatic rings. The molecule has 0 radical (unpaired) electrons. The van der Waals surface area contributed by atoms with Gasteiger partial charge in [-0.25, -0.2) is 0 Å². The van der Waals surface area contributed by atoms with Crippen molar-refractivity contribution in [2.75, 3.05) is 11.9 Å². The van der Waals surface area contributed by atoms with E-state index in [1.165, 1.54) is 0 Å². The van der Waals surface area contributed by atoms with Crippen molar-refractivity contribution in [1.82, 2.24) is 10.3 Å². The predicted molar refractivity (Wildman–Crippen MR) is 115 cm³/mol. The molecule has 2 aromatic carbocycles. The molecular formula is C22H20BrN3O3. The molecule has 1 aromatic heterocycles. The number of hydrogen-bond acceptors (Lipinski definition) is 4. The number of benzene rings is 2. The molecule has 7 heteroatoms. The van der Waals surface area contributed by atoms with Crippen LogP contribution in [0.4, 0.5) is 5.69 Å². The number of rotatable bonds is 7. The molecule has 0 aliphatic carbocycles. The van der Waals surface area contributed by atoms with Gasteiger partial charge in [-0.2, -0.15) is 0 Å². The highest BCUT2D eigenvalue weighted by Gasteiger charge is 2.10. The third-order valence-corrected chi connectivity index (χ3v) is 4.97. The van der Waals surface area contributed by atoms with Crippen molar-refractivity contribution >= 4 is 33.4 Å². The number of nitrogens with one attached hydrogen (secondary N) is 2. The molecule has 3 rings (SSSR count). The van der Waals surface area contributed by atoms with Crippen LogP contribution in [0.15, 0.2) is 71.5 Å². The number of aromatic nitrogens is 1. The minimum atomic E-state index is -0.348. The van der Waals surface area contributed by atoms with Gasteiger partial charge in [-0.05, 0) is 55.0 Å². The van der Waals surface area contributed by atoms with E-state index < -0.39 is 0 Å². The SMILES string of the molecule is Cc1cc(NC(=O)CNC(=O)c2cccc(OCc3cccnc3)c2)ccc1Br.